The van der Waals surface area contributed by atoms with Crippen LogP contribution in [0.1, 0.15) is 17.3 Å². The predicted molar refractivity (Wildman–Crippen MR) is 119 cm³/mol. The van der Waals surface area contributed by atoms with E-state index in [-0.39, 0.29) is 23.7 Å². The van der Waals surface area contributed by atoms with Crippen LogP contribution in [0.5, 0.6) is 11.5 Å². The third kappa shape index (κ3) is 4.69. The average Bonchev–Trinajstić information content (AvgIpc) is 3.04. The van der Waals surface area contributed by atoms with Crippen molar-refractivity contribution in [3.05, 3.63) is 50.2 Å². The lowest BCUT2D eigenvalue weighted by Gasteiger charge is -2.09. The second-order valence-corrected chi connectivity index (χ2v) is 8.32. The molecule has 0 fully saturated rings. The fraction of sp³-hybridized carbons (Fsp3) is 0.250. The van der Waals surface area contributed by atoms with Crippen LogP contribution in [0.3, 0.4) is 0 Å². The minimum Gasteiger partial charge on any atom is -0.493 e. The lowest BCUT2D eigenvalue weighted by molar-refractivity contribution is -0.143. The van der Waals surface area contributed by atoms with Crippen molar-refractivity contribution in [1.82, 2.24) is 4.57 Å². The van der Waals surface area contributed by atoms with E-state index in [0.29, 0.717) is 26.3 Å². The lowest BCUT2D eigenvalue weighted by atomic mass is 10.2. The molecule has 10 heteroatoms. The molecular weight excluding hydrogens is 496 g/mol. The number of carbonyl (C=O) groups excluding carboxylic acids is 2. The van der Waals surface area contributed by atoms with Crippen molar-refractivity contribution in [2.24, 2.45) is 4.99 Å². The molecule has 2 aromatic carbocycles. The molecule has 158 valence electrons. The van der Waals surface area contributed by atoms with Gasteiger partial charge in [-0.05, 0) is 25.1 Å². The molecule has 3 rings (SSSR count). The maximum Gasteiger partial charge on any atom is 0.326 e. The van der Waals surface area contributed by atoms with E-state index >= 15 is 0 Å². The smallest absolute Gasteiger partial charge is 0.326 e. The van der Waals surface area contributed by atoms with Crippen LogP contribution >= 0.6 is 38.9 Å². The Morgan fingerprint density at radius 3 is 2.53 bits per heavy atom. The molecule has 0 atom stereocenters. The first-order valence-corrected chi connectivity index (χ1v) is 10.8. The van der Waals surface area contributed by atoms with E-state index < -0.39 is 11.9 Å². The first-order valence-electron chi connectivity index (χ1n) is 8.83. The largest absolute Gasteiger partial charge is 0.493 e. The number of amides is 1. The fourth-order valence-electron chi connectivity index (χ4n) is 2.78. The second-order valence-electron chi connectivity index (χ2n) is 5.99. The number of halogens is 2. The van der Waals surface area contributed by atoms with Crippen LogP contribution < -0.4 is 14.3 Å². The standard InChI is InChI=1S/C20H18BrClN2O5S/c1-4-29-18(25)10-24-14-8-15(27-2)16(28-3)9-17(14)30-20(24)23-19(26)12-7-11(21)5-6-13(12)22/h5-9H,4,10H2,1-3H3. The van der Waals surface area contributed by atoms with Crippen molar-refractivity contribution >= 4 is 61.0 Å². The van der Waals surface area contributed by atoms with Crippen LogP contribution in [-0.2, 0) is 16.1 Å². The Morgan fingerprint density at radius 1 is 1.17 bits per heavy atom. The van der Waals surface area contributed by atoms with Gasteiger partial charge < -0.3 is 18.8 Å². The number of methoxy groups -OCH3 is 2. The molecule has 3 aromatic rings. The van der Waals surface area contributed by atoms with E-state index in [1.807, 2.05) is 0 Å². The summed E-state index contributed by atoms with van der Waals surface area (Å²) >= 11 is 10.7. The molecule has 1 heterocycles. The van der Waals surface area contributed by atoms with E-state index in [0.717, 1.165) is 4.70 Å². The summed E-state index contributed by atoms with van der Waals surface area (Å²) < 4.78 is 18.9. The van der Waals surface area contributed by atoms with E-state index in [2.05, 4.69) is 20.9 Å². The van der Waals surface area contributed by atoms with Crippen LogP contribution in [-0.4, -0.2) is 37.3 Å². The average molecular weight is 514 g/mol. The Labute approximate surface area is 190 Å². The van der Waals surface area contributed by atoms with E-state index in [1.165, 1.54) is 25.6 Å². The summed E-state index contributed by atoms with van der Waals surface area (Å²) in [6, 6.07) is 8.46. The number of esters is 1. The van der Waals surface area contributed by atoms with Gasteiger partial charge in [-0.3, -0.25) is 9.59 Å². The first kappa shape index (κ1) is 22.3. The van der Waals surface area contributed by atoms with Crippen LogP contribution in [0.25, 0.3) is 10.2 Å². The molecule has 0 radical (unpaired) electrons. The molecule has 0 saturated carbocycles. The topological polar surface area (TPSA) is 79.1 Å². The first-order chi connectivity index (χ1) is 14.4. The zero-order valence-corrected chi connectivity index (χ0v) is 19.6. The summed E-state index contributed by atoms with van der Waals surface area (Å²) in [4.78, 5) is 29.6. The van der Waals surface area contributed by atoms with Crippen molar-refractivity contribution in [2.75, 3.05) is 20.8 Å². The van der Waals surface area contributed by atoms with Gasteiger partial charge in [-0.1, -0.05) is 38.9 Å². The van der Waals surface area contributed by atoms with Crippen molar-refractivity contribution in [3.8, 4) is 11.5 Å². The summed E-state index contributed by atoms with van der Waals surface area (Å²) in [5, 5.41) is 0.286. The molecular formula is C20H18BrClN2O5S. The monoisotopic (exact) mass is 512 g/mol. The highest BCUT2D eigenvalue weighted by atomic mass is 79.9. The Hall–Kier alpha value is -2.36. The molecule has 1 aromatic heterocycles. The van der Waals surface area contributed by atoms with Gasteiger partial charge in [0.15, 0.2) is 16.3 Å². The van der Waals surface area contributed by atoms with E-state index in [4.69, 9.17) is 25.8 Å². The molecule has 0 N–H and O–H groups in total. The number of aromatic nitrogens is 1. The minimum atomic E-state index is -0.524. The Balaban J connectivity index is 2.20. The molecule has 0 saturated heterocycles. The van der Waals surface area contributed by atoms with Gasteiger partial charge in [0.1, 0.15) is 6.54 Å². The SMILES string of the molecule is CCOC(=O)Cn1c(=NC(=O)c2cc(Br)ccc2Cl)sc2cc(OC)c(OC)cc21. The molecule has 0 bridgehead atoms. The maximum atomic E-state index is 12.8. The summed E-state index contributed by atoms with van der Waals surface area (Å²) in [7, 11) is 3.06. The van der Waals surface area contributed by atoms with Gasteiger partial charge in [0.05, 0.1) is 41.6 Å². The highest BCUT2D eigenvalue weighted by molar-refractivity contribution is 9.10. The van der Waals surface area contributed by atoms with Crippen molar-refractivity contribution in [3.63, 3.8) is 0 Å². The van der Waals surface area contributed by atoms with Gasteiger partial charge in [0, 0.05) is 16.6 Å². The zero-order valence-electron chi connectivity index (χ0n) is 16.4. The number of ether oxygens (including phenoxy) is 3. The molecule has 30 heavy (non-hydrogen) atoms. The molecule has 0 aliphatic carbocycles. The third-order valence-corrected chi connectivity index (χ3v) is 6.00. The van der Waals surface area contributed by atoms with Gasteiger partial charge in [0.2, 0.25) is 0 Å². The van der Waals surface area contributed by atoms with Gasteiger partial charge in [-0.15, -0.1) is 0 Å². The number of hydrogen-bond acceptors (Lipinski definition) is 6. The Morgan fingerprint density at radius 2 is 1.87 bits per heavy atom. The van der Waals surface area contributed by atoms with Gasteiger partial charge in [-0.25, -0.2) is 0 Å². The third-order valence-electron chi connectivity index (χ3n) is 4.14. The fourth-order valence-corrected chi connectivity index (χ4v) is 4.38. The van der Waals surface area contributed by atoms with E-state index in [9.17, 15) is 9.59 Å². The lowest BCUT2D eigenvalue weighted by Crippen LogP contribution is -2.23. The molecule has 7 nitrogen and oxygen atoms in total. The number of benzene rings is 2. The van der Waals surface area contributed by atoms with E-state index in [1.54, 1.807) is 41.8 Å². The normalized spacial score (nSPS) is 11.6. The number of thiazole rings is 1. The summed E-state index contributed by atoms with van der Waals surface area (Å²) in [5.74, 6) is 0.0570. The van der Waals surface area contributed by atoms with Crippen LogP contribution in [0.2, 0.25) is 5.02 Å². The summed E-state index contributed by atoms with van der Waals surface area (Å²) in [6.45, 7) is 1.87. The minimum absolute atomic E-state index is 0.109. The number of nitrogens with zero attached hydrogens (tertiary/aromatic N) is 2. The Kier molecular flexibility index (Phi) is 7.17. The van der Waals surface area contributed by atoms with Crippen molar-refractivity contribution in [1.29, 1.82) is 0 Å². The predicted octanol–water partition coefficient (Wildman–Crippen LogP) is 4.44. The molecule has 1 amide bonds. The quantitative estimate of drug-likeness (QED) is 0.455. The highest BCUT2D eigenvalue weighted by Crippen LogP contribution is 2.33. The van der Waals surface area contributed by atoms with Crippen molar-refractivity contribution in [2.45, 2.75) is 13.5 Å². The molecule has 0 aliphatic heterocycles. The number of carbonyl (C=O) groups is 2. The zero-order chi connectivity index (χ0) is 21.8. The van der Waals surface area contributed by atoms with Crippen LogP contribution in [0.4, 0.5) is 0 Å². The maximum absolute atomic E-state index is 12.8. The van der Waals surface area contributed by atoms with Gasteiger partial charge >= 0.3 is 5.97 Å². The second kappa shape index (κ2) is 9.63. The molecule has 0 spiro atoms. The van der Waals surface area contributed by atoms with Crippen molar-refractivity contribution < 1.29 is 23.8 Å². The summed E-state index contributed by atoms with van der Waals surface area (Å²) in [6.07, 6.45) is 0. The number of fused-ring (bicyclic) bond motifs is 1. The van der Waals surface area contributed by atoms with Crippen LogP contribution in [0.15, 0.2) is 39.8 Å². The molecule has 0 aliphatic rings. The Bertz CT molecular complexity index is 1190. The van der Waals surface area contributed by atoms with Crippen LogP contribution in [0, 0.1) is 0 Å². The van der Waals surface area contributed by atoms with Gasteiger partial charge in [0.25, 0.3) is 5.91 Å². The number of rotatable bonds is 6. The highest BCUT2D eigenvalue weighted by Gasteiger charge is 2.17. The summed E-state index contributed by atoms with van der Waals surface area (Å²) in [5.41, 5.74) is 0.916. The van der Waals surface area contributed by atoms with Gasteiger partial charge in [-0.2, -0.15) is 4.99 Å². The number of hydrogen-bond donors (Lipinski definition) is 0. The molecule has 0 unspecified atom stereocenters.